The van der Waals surface area contributed by atoms with Crippen molar-refractivity contribution in [1.82, 2.24) is 74.4 Å². The number of amides is 11. The number of unbranched alkanes of at least 4 members (excludes halogenated alkanes) is 3. The van der Waals surface area contributed by atoms with Gasteiger partial charge in [0.15, 0.2) is 23.8 Å². The fourth-order valence-corrected chi connectivity index (χ4v) is 11.2. The lowest BCUT2D eigenvalue weighted by Crippen LogP contribution is -2.58. The molecule has 0 saturated heterocycles. The van der Waals surface area contributed by atoms with Crippen molar-refractivity contribution in [1.29, 1.82) is 21.6 Å². The first-order valence-corrected chi connectivity index (χ1v) is 37.6. The molecule has 38 heteroatoms. The summed E-state index contributed by atoms with van der Waals surface area (Å²) >= 11 is 0. The zero-order chi connectivity index (χ0) is 82.6. The molecule has 4 aromatic carbocycles. The largest absolute Gasteiger partial charge is 0.445 e. The van der Waals surface area contributed by atoms with E-state index >= 15 is 0 Å². The van der Waals surface area contributed by atoms with Gasteiger partial charge in [0.2, 0.25) is 47.3 Å². The number of hydrogen-bond donors (Lipinski definition) is 24. The van der Waals surface area contributed by atoms with Gasteiger partial charge in [-0.3, -0.25) is 60.0 Å². The Hall–Kier alpha value is -12.5. The van der Waals surface area contributed by atoms with Gasteiger partial charge in [0, 0.05) is 52.2 Å². The Balaban J connectivity index is 1.61. The van der Waals surface area contributed by atoms with Crippen LogP contribution in [0.3, 0.4) is 0 Å². The molecule has 0 radical (unpaired) electrons. The van der Waals surface area contributed by atoms with E-state index < -0.39 is 114 Å². The highest BCUT2D eigenvalue weighted by molar-refractivity contribution is 5.96. The van der Waals surface area contributed by atoms with E-state index in [1.54, 1.807) is 115 Å². The van der Waals surface area contributed by atoms with Gasteiger partial charge in [0.25, 0.3) is 0 Å². The number of rotatable bonds is 54. The van der Waals surface area contributed by atoms with E-state index in [1.807, 2.05) is 6.07 Å². The van der Waals surface area contributed by atoms with Gasteiger partial charge in [0.05, 0.1) is 6.04 Å². The van der Waals surface area contributed by atoms with Crippen LogP contribution in [0.25, 0.3) is 0 Å². The van der Waals surface area contributed by atoms with E-state index in [4.69, 9.17) is 70.2 Å². The first-order chi connectivity index (χ1) is 54.3. The van der Waals surface area contributed by atoms with Gasteiger partial charge in [-0.2, -0.15) is 0 Å². The molecule has 0 heterocycles. The molecule has 38 nitrogen and oxygen atoms in total. The number of hydrogen-bond acceptors (Lipinski definition) is 19. The Bertz CT molecular complexity index is 3650. The van der Waals surface area contributed by atoms with Crippen molar-refractivity contribution >= 4 is 89.4 Å². The third kappa shape index (κ3) is 41.8. The van der Waals surface area contributed by atoms with Crippen molar-refractivity contribution in [2.24, 2.45) is 34.4 Å². The number of benzene rings is 4. The predicted octanol–water partition coefficient (Wildman–Crippen LogP) is -0.222. The lowest BCUT2D eigenvalue weighted by molar-refractivity contribution is -0.134. The van der Waals surface area contributed by atoms with Crippen LogP contribution in [0, 0.1) is 21.6 Å². The summed E-state index contributed by atoms with van der Waals surface area (Å²) in [5, 5.41) is 67.8. The van der Waals surface area contributed by atoms with Gasteiger partial charge in [-0.25, -0.2) is 14.4 Å². The van der Waals surface area contributed by atoms with Crippen LogP contribution in [0.4, 0.5) is 14.4 Å². The molecule has 30 N–H and O–H groups in total. The van der Waals surface area contributed by atoms with E-state index in [1.165, 1.54) is 0 Å². The van der Waals surface area contributed by atoms with Gasteiger partial charge in [-0.15, -0.1) is 0 Å². The molecule has 0 aliphatic heterocycles. The molecule has 0 spiro atoms. The zero-order valence-electron chi connectivity index (χ0n) is 63.6. The molecule has 0 saturated carbocycles. The van der Waals surface area contributed by atoms with Gasteiger partial charge >= 0.3 is 18.3 Å². The number of nitrogens with two attached hydrogens (primary N) is 6. The lowest BCUT2D eigenvalue weighted by Gasteiger charge is -2.26. The second-order valence-electron chi connectivity index (χ2n) is 26.5. The first kappa shape index (κ1) is 92.9. The van der Waals surface area contributed by atoms with Crippen LogP contribution in [0.2, 0.25) is 0 Å². The van der Waals surface area contributed by atoms with E-state index in [9.17, 15) is 52.7 Å². The number of nitrogens with one attached hydrogen (secondary N) is 18. The second-order valence-corrected chi connectivity index (χ2v) is 26.5. The molecule has 8 atom stereocenters. The molecular formula is C75H114N24O14. The summed E-state index contributed by atoms with van der Waals surface area (Å²) in [4.78, 5) is 152. The van der Waals surface area contributed by atoms with E-state index in [0.717, 1.165) is 0 Å². The van der Waals surface area contributed by atoms with Crippen molar-refractivity contribution in [2.75, 3.05) is 45.8 Å². The van der Waals surface area contributed by atoms with Gasteiger partial charge in [-0.1, -0.05) is 121 Å². The number of guanidine groups is 4. The molecule has 0 bridgehead atoms. The molecule has 0 aliphatic rings. The monoisotopic (exact) mass is 1570 g/mol. The molecule has 618 valence electrons. The SMILES string of the molecule is N=C(N)NCCC[C@H](N)C(=O)NCCCC[C@H](NC(=O)[C@@H](CCCNC(=N)N)NC(=O)OCc1ccccc1)C(=O)N[C@@H](CCCCNC(=O)[C@H](CCCCNC(=O)[C@@H](CCCNC(=N)N)NC(=O)OCc1ccccc1)NC(=O)[C@@H](CCCNC(=N)N)NC(=O)OCc1ccccc1)C(=O)N[C@@H](Cc1ccccc1)C(N)=O. The summed E-state index contributed by atoms with van der Waals surface area (Å²) in [6, 6.07) is 25.1. The van der Waals surface area contributed by atoms with Crippen LogP contribution < -0.4 is 109 Å². The minimum absolute atomic E-state index is 0.0117. The highest BCUT2D eigenvalue weighted by atomic mass is 16.6. The number of carbonyl (C=O) groups excluding carboxylic acids is 11. The quantitative estimate of drug-likeness (QED) is 0.0118. The molecule has 0 aromatic heterocycles. The zero-order valence-corrected chi connectivity index (χ0v) is 63.6. The Morgan fingerprint density at radius 2 is 0.513 bits per heavy atom. The van der Waals surface area contributed by atoms with Crippen molar-refractivity contribution in [3.63, 3.8) is 0 Å². The van der Waals surface area contributed by atoms with E-state index in [2.05, 4.69) is 74.4 Å². The van der Waals surface area contributed by atoms with E-state index in [-0.39, 0.29) is 186 Å². The minimum atomic E-state index is -1.45. The summed E-state index contributed by atoms with van der Waals surface area (Å²) in [5.74, 6) is -7.10. The maximum absolute atomic E-state index is 14.9. The van der Waals surface area contributed by atoms with Crippen molar-refractivity contribution < 1.29 is 67.0 Å². The fraction of sp³-hybridized carbons (Fsp3) is 0.480. The second kappa shape index (κ2) is 54.2. The molecule has 0 fully saturated rings. The molecule has 11 amide bonds. The number of ether oxygens (including phenoxy) is 3. The van der Waals surface area contributed by atoms with Crippen molar-refractivity contribution in [2.45, 2.75) is 184 Å². The number of primary amides is 1. The maximum atomic E-state index is 14.9. The van der Waals surface area contributed by atoms with Crippen LogP contribution in [-0.4, -0.2) is 184 Å². The maximum Gasteiger partial charge on any atom is 0.408 e. The molecule has 0 unspecified atom stereocenters. The predicted molar refractivity (Wildman–Crippen MR) is 423 cm³/mol. The topological polar surface area (TPSA) is 635 Å². The summed E-state index contributed by atoms with van der Waals surface area (Å²) in [7, 11) is 0. The molecule has 4 aromatic rings. The number of carbonyl (C=O) groups is 11. The smallest absolute Gasteiger partial charge is 0.408 e. The van der Waals surface area contributed by atoms with Crippen molar-refractivity contribution in [3.8, 4) is 0 Å². The Labute approximate surface area is 657 Å². The average molecular weight is 1580 g/mol. The highest BCUT2D eigenvalue weighted by Crippen LogP contribution is 2.14. The Morgan fingerprint density at radius 1 is 0.274 bits per heavy atom. The Morgan fingerprint density at radius 3 is 0.814 bits per heavy atom. The summed E-state index contributed by atoms with van der Waals surface area (Å²) in [6.45, 7) is 0.503. The van der Waals surface area contributed by atoms with Crippen molar-refractivity contribution in [3.05, 3.63) is 144 Å². The van der Waals surface area contributed by atoms with Gasteiger partial charge in [0.1, 0.15) is 62.1 Å². The van der Waals surface area contributed by atoms with Gasteiger partial charge in [-0.05, 0) is 131 Å². The third-order valence-electron chi connectivity index (χ3n) is 17.3. The summed E-state index contributed by atoms with van der Waals surface area (Å²) < 4.78 is 16.3. The molecule has 0 aliphatic carbocycles. The minimum Gasteiger partial charge on any atom is -0.445 e. The normalized spacial score (nSPS) is 12.8. The van der Waals surface area contributed by atoms with Crippen LogP contribution in [0.15, 0.2) is 121 Å². The van der Waals surface area contributed by atoms with Crippen LogP contribution >= 0.6 is 0 Å². The molecule has 113 heavy (non-hydrogen) atoms. The Kier molecular flexibility index (Phi) is 44.5. The van der Waals surface area contributed by atoms with E-state index in [0.29, 0.717) is 41.6 Å². The lowest BCUT2D eigenvalue weighted by atomic mass is 10.0. The standard InChI is InChI=1S/C75H114N24O14/c76-53(31-19-41-89-69(78)79)62(101)86-38-16-14-33-56(95-68(107)59(37-22-44-92-72(84)85)99-75(110)113-48-52-29-11-4-12-30-52)65(104)94-57(66(105)96-60(61(77)100)45-49-23-5-1-6-24-49)34-15-18-39-87-63(102)54(93-67(106)58(36-21-43-91-71(82)83)98-74(109)112-47-51-27-9-3-10-28-51)32-13-17-40-88-64(103)55(35-20-42-90-70(80)81)97-73(108)111-46-50-25-7-2-8-26-50/h1-12,23-30,53-60H,13-22,31-48,76H2,(H2,77,100)(H,86,101)(H,87,102)(H,88,103)(H,93,106)(H,94,104)(H,95,107)(H,96,105)(H,97,108)(H,98,109)(H,99,110)(H4,78,79,89)(H4,80,81,90)(H4,82,83,91)(H4,84,85,92)/t53-,54-,55+,56-,57-,58+,59+,60-/m0/s1. The van der Waals surface area contributed by atoms with Crippen LogP contribution in [0.1, 0.15) is 131 Å². The fourth-order valence-electron chi connectivity index (χ4n) is 11.2. The highest BCUT2D eigenvalue weighted by Gasteiger charge is 2.33. The molecule has 4 rings (SSSR count). The first-order valence-electron chi connectivity index (χ1n) is 37.6. The third-order valence-corrected chi connectivity index (χ3v) is 17.3. The molecular weight excluding hydrogens is 1460 g/mol. The summed E-state index contributed by atoms with van der Waals surface area (Å²) in [5.41, 5.74) is 36.5. The average Bonchev–Trinajstić information content (AvgIpc) is 0.855. The van der Waals surface area contributed by atoms with Gasteiger partial charge < -0.3 is 123 Å². The van der Waals surface area contributed by atoms with Crippen LogP contribution in [-0.2, 0) is 78.8 Å². The summed E-state index contributed by atoms with van der Waals surface area (Å²) in [6.07, 6.45) is -0.484. The number of alkyl carbamates (subject to hydrolysis) is 3. The van der Waals surface area contributed by atoms with Crippen LogP contribution in [0.5, 0.6) is 0 Å².